The predicted molar refractivity (Wildman–Crippen MR) is 46.5 cm³/mol. The molecule has 1 unspecified atom stereocenters. The van der Waals surface area contributed by atoms with Gasteiger partial charge in [0.05, 0.1) is 0 Å². The van der Waals surface area contributed by atoms with Gasteiger partial charge in [-0.2, -0.15) is 11.8 Å². The van der Waals surface area contributed by atoms with Gasteiger partial charge in [-0.1, -0.05) is 0 Å². The lowest BCUT2D eigenvalue weighted by atomic mass is 10.4. The topological polar surface area (TPSA) is 17.1 Å². The summed E-state index contributed by atoms with van der Waals surface area (Å²) in [5.41, 5.74) is 0. The Balaban J connectivity index is 2.83. The Morgan fingerprint density at radius 3 is 2.56 bits per heavy atom. The highest BCUT2D eigenvalue weighted by molar-refractivity contribution is 7.98. The van der Waals surface area contributed by atoms with E-state index in [2.05, 4.69) is 6.26 Å². The van der Waals surface area contributed by atoms with E-state index >= 15 is 0 Å². The quantitative estimate of drug-likeness (QED) is 0.576. The van der Waals surface area contributed by atoms with E-state index in [0.29, 0.717) is 0 Å². The van der Waals surface area contributed by atoms with Gasteiger partial charge in [0.15, 0.2) is 0 Å². The number of hydrogen-bond acceptors (Lipinski definition) is 2. The Morgan fingerprint density at radius 2 is 2.11 bits per heavy atom. The van der Waals surface area contributed by atoms with Crippen LogP contribution in [0, 0.1) is 0 Å². The molecule has 0 fully saturated rings. The zero-order valence-corrected chi connectivity index (χ0v) is 7.69. The SMILES string of the molecule is CSCCCCS(C)=O. The molecule has 0 saturated carbocycles. The molecule has 0 radical (unpaired) electrons. The molecule has 0 saturated heterocycles. The second-order valence-corrected chi connectivity index (χ2v) is 4.52. The van der Waals surface area contributed by atoms with Gasteiger partial charge in [0.1, 0.15) is 0 Å². The van der Waals surface area contributed by atoms with Gasteiger partial charge < -0.3 is 0 Å². The maximum Gasteiger partial charge on any atom is 0.0232 e. The zero-order chi connectivity index (χ0) is 7.11. The van der Waals surface area contributed by atoms with Crippen LogP contribution in [0.25, 0.3) is 0 Å². The van der Waals surface area contributed by atoms with Crippen molar-refractivity contribution in [2.24, 2.45) is 0 Å². The third kappa shape index (κ3) is 8.50. The van der Waals surface area contributed by atoms with Gasteiger partial charge in [-0.05, 0) is 24.9 Å². The fourth-order valence-corrected chi connectivity index (χ4v) is 1.66. The molecule has 0 bridgehead atoms. The first-order valence-corrected chi connectivity index (χ1v) is 6.18. The minimum Gasteiger partial charge on any atom is -0.260 e. The average Bonchev–Trinajstić information content (AvgIpc) is 1.80. The normalized spacial score (nSPS) is 13.6. The minimum atomic E-state index is -0.578. The Labute approximate surface area is 64.1 Å². The first-order valence-electron chi connectivity index (χ1n) is 3.06. The highest BCUT2D eigenvalue weighted by atomic mass is 32.2. The molecule has 3 heteroatoms. The Kier molecular flexibility index (Phi) is 6.99. The molecule has 9 heavy (non-hydrogen) atoms. The van der Waals surface area contributed by atoms with Crippen molar-refractivity contribution >= 4 is 22.6 Å². The second kappa shape index (κ2) is 6.62. The van der Waals surface area contributed by atoms with Crippen molar-refractivity contribution in [2.75, 3.05) is 24.0 Å². The molecule has 0 N–H and O–H groups in total. The van der Waals surface area contributed by atoms with Crippen molar-refractivity contribution in [2.45, 2.75) is 12.8 Å². The summed E-state index contributed by atoms with van der Waals surface area (Å²) < 4.78 is 10.5. The number of thioether (sulfide) groups is 1. The van der Waals surface area contributed by atoms with Gasteiger partial charge in [-0.15, -0.1) is 0 Å². The van der Waals surface area contributed by atoms with Crippen LogP contribution >= 0.6 is 11.8 Å². The van der Waals surface area contributed by atoms with Crippen LogP contribution < -0.4 is 0 Å². The summed E-state index contributed by atoms with van der Waals surface area (Å²) >= 11 is 1.85. The van der Waals surface area contributed by atoms with Gasteiger partial charge in [-0.3, -0.25) is 4.21 Å². The molecular formula is C6H14OS2. The van der Waals surface area contributed by atoms with Crippen LogP contribution in [0.5, 0.6) is 0 Å². The van der Waals surface area contributed by atoms with Crippen molar-refractivity contribution in [3.05, 3.63) is 0 Å². The van der Waals surface area contributed by atoms with E-state index in [0.717, 1.165) is 12.2 Å². The molecule has 1 atom stereocenters. The molecule has 0 heterocycles. The van der Waals surface area contributed by atoms with Crippen LogP contribution in [0.2, 0.25) is 0 Å². The average molecular weight is 166 g/mol. The molecule has 0 aromatic heterocycles. The van der Waals surface area contributed by atoms with Crippen molar-refractivity contribution < 1.29 is 4.21 Å². The maximum absolute atomic E-state index is 10.5. The van der Waals surface area contributed by atoms with Crippen LogP contribution in [-0.4, -0.2) is 28.2 Å². The van der Waals surface area contributed by atoms with Crippen molar-refractivity contribution in [1.82, 2.24) is 0 Å². The van der Waals surface area contributed by atoms with Crippen LogP contribution in [0.4, 0.5) is 0 Å². The van der Waals surface area contributed by atoms with Crippen molar-refractivity contribution in [3.8, 4) is 0 Å². The molecule has 0 aliphatic rings. The molecule has 1 nitrogen and oxygen atoms in total. The van der Waals surface area contributed by atoms with Crippen LogP contribution in [0.1, 0.15) is 12.8 Å². The Bertz CT molecular complexity index is 83.1. The molecule has 0 rings (SSSR count). The molecular weight excluding hydrogens is 152 g/mol. The first-order chi connectivity index (χ1) is 4.27. The van der Waals surface area contributed by atoms with Crippen LogP contribution in [-0.2, 0) is 10.8 Å². The largest absolute Gasteiger partial charge is 0.260 e. The Hall–Kier alpha value is 0.500. The molecule has 56 valence electrons. The predicted octanol–water partition coefficient (Wildman–Crippen LogP) is 1.51. The molecule has 0 aromatic carbocycles. The summed E-state index contributed by atoms with van der Waals surface area (Å²) in [7, 11) is -0.578. The highest BCUT2D eigenvalue weighted by Crippen LogP contribution is 1.99. The first kappa shape index (κ1) is 9.50. The monoisotopic (exact) mass is 166 g/mol. The molecule has 0 aliphatic heterocycles. The summed E-state index contributed by atoms with van der Waals surface area (Å²) in [5.74, 6) is 2.08. The van der Waals surface area contributed by atoms with E-state index in [1.165, 1.54) is 12.2 Å². The summed E-state index contributed by atoms with van der Waals surface area (Å²) in [6.45, 7) is 0. The molecule has 0 amide bonds. The van der Waals surface area contributed by atoms with E-state index in [-0.39, 0.29) is 0 Å². The lowest BCUT2D eigenvalue weighted by molar-refractivity contribution is 0.683. The lowest BCUT2D eigenvalue weighted by Crippen LogP contribution is -1.93. The van der Waals surface area contributed by atoms with Crippen molar-refractivity contribution in [3.63, 3.8) is 0 Å². The summed E-state index contributed by atoms with van der Waals surface area (Å²) in [5, 5.41) is 0. The standard InChI is InChI=1S/C6H14OS2/c1-8-5-3-4-6-9(2)7/h3-6H2,1-2H3. The van der Waals surface area contributed by atoms with Gasteiger partial charge in [0, 0.05) is 22.8 Å². The minimum absolute atomic E-state index is 0.578. The zero-order valence-electron chi connectivity index (χ0n) is 6.05. The van der Waals surface area contributed by atoms with Crippen molar-refractivity contribution in [1.29, 1.82) is 0 Å². The number of hydrogen-bond donors (Lipinski definition) is 0. The van der Waals surface area contributed by atoms with E-state index in [1.807, 2.05) is 11.8 Å². The van der Waals surface area contributed by atoms with E-state index in [9.17, 15) is 4.21 Å². The van der Waals surface area contributed by atoms with Gasteiger partial charge in [0.25, 0.3) is 0 Å². The third-order valence-electron chi connectivity index (χ3n) is 1.03. The fourth-order valence-electron chi connectivity index (χ4n) is 0.552. The highest BCUT2D eigenvalue weighted by Gasteiger charge is 1.89. The fraction of sp³-hybridized carbons (Fsp3) is 1.00. The van der Waals surface area contributed by atoms with E-state index < -0.39 is 10.8 Å². The van der Waals surface area contributed by atoms with E-state index in [1.54, 1.807) is 6.26 Å². The summed E-state index contributed by atoms with van der Waals surface area (Å²) in [6.07, 6.45) is 6.19. The van der Waals surface area contributed by atoms with Gasteiger partial charge in [0.2, 0.25) is 0 Å². The maximum atomic E-state index is 10.5. The molecule has 0 spiro atoms. The number of rotatable bonds is 5. The molecule has 0 aliphatic carbocycles. The van der Waals surface area contributed by atoms with Gasteiger partial charge in [-0.25, -0.2) is 0 Å². The lowest BCUT2D eigenvalue weighted by Gasteiger charge is -1.94. The number of unbranched alkanes of at least 4 members (excludes halogenated alkanes) is 1. The van der Waals surface area contributed by atoms with Crippen LogP contribution in [0.15, 0.2) is 0 Å². The molecule has 0 aromatic rings. The van der Waals surface area contributed by atoms with E-state index in [4.69, 9.17) is 0 Å². The Morgan fingerprint density at radius 1 is 1.44 bits per heavy atom. The second-order valence-electron chi connectivity index (χ2n) is 1.98. The third-order valence-corrected chi connectivity index (χ3v) is 2.59. The summed E-state index contributed by atoms with van der Waals surface area (Å²) in [6, 6.07) is 0. The van der Waals surface area contributed by atoms with Gasteiger partial charge >= 0.3 is 0 Å². The smallest absolute Gasteiger partial charge is 0.0232 e. The summed E-state index contributed by atoms with van der Waals surface area (Å²) in [4.78, 5) is 0. The van der Waals surface area contributed by atoms with Crippen LogP contribution in [0.3, 0.4) is 0 Å².